The Labute approximate surface area is 109 Å². The highest BCUT2D eigenvalue weighted by Gasteiger charge is 2.25. The van der Waals surface area contributed by atoms with E-state index in [4.69, 9.17) is 5.73 Å². The van der Waals surface area contributed by atoms with E-state index in [0.717, 1.165) is 24.2 Å². The molecule has 2 N–H and O–H groups in total. The van der Waals surface area contributed by atoms with Crippen molar-refractivity contribution >= 4 is 5.69 Å². The summed E-state index contributed by atoms with van der Waals surface area (Å²) in [5.74, 6) is 0.486. The quantitative estimate of drug-likeness (QED) is 0.871. The maximum Gasteiger partial charge on any atom is 0.146 e. The van der Waals surface area contributed by atoms with Crippen LogP contribution in [0.1, 0.15) is 45.2 Å². The number of hydrogen-bond acceptors (Lipinski definition) is 2. The first kappa shape index (κ1) is 13.3. The molecule has 1 saturated heterocycles. The van der Waals surface area contributed by atoms with Gasteiger partial charge in [-0.05, 0) is 50.3 Å². The van der Waals surface area contributed by atoms with Crippen molar-refractivity contribution in [3.63, 3.8) is 0 Å². The van der Waals surface area contributed by atoms with Crippen molar-refractivity contribution in [3.05, 3.63) is 29.6 Å². The molecule has 2 nitrogen and oxygen atoms in total. The molecule has 1 aromatic rings. The summed E-state index contributed by atoms with van der Waals surface area (Å²) in [5.41, 5.74) is 7.36. The molecule has 18 heavy (non-hydrogen) atoms. The van der Waals surface area contributed by atoms with Crippen LogP contribution in [-0.2, 0) is 0 Å². The number of anilines is 1. The van der Waals surface area contributed by atoms with Gasteiger partial charge in [-0.15, -0.1) is 0 Å². The summed E-state index contributed by atoms with van der Waals surface area (Å²) in [5, 5.41) is 0. The van der Waals surface area contributed by atoms with E-state index in [1.807, 2.05) is 19.1 Å². The fraction of sp³-hybridized carbons (Fsp3) is 0.600. The van der Waals surface area contributed by atoms with E-state index >= 15 is 0 Å². The lowest BCUT2D eigenvalue weighted by atomic mass is 9.94. The smallest absolute Gasteiger partial charge is 0.146 e. The van der Waals surface area contributed by atoms with Crippen LogP contribution in [0.3, 0.4) is 0 Å². The third kappa shape index (κ3) is 2.66. The van der Waals surface area contributed by atoms with Gasteiger partial charge in [0.1, 0.15) is 5.82 Å². The molecule has 3 unspecified atom stereocenters. The average molecular weight is 250 g/mol. The Morgan fingerprint density at radius 1 is 1.33 bits per heavy atom. The lowest BCUT2D eigenvalue weighted by molar-refractivity contribution is 0.386. The third-order valence-corrected chi connectivity index (χ3v) is 3.92. The summed E-state index contributed by atoms with van der Waals surface area (Å²) in [7, 11) is 0. The molecule has 100 valence electrons. The average Bonchev–Trinajstić information content (AvgIpc) is 2.32. The Balaban J connectivity index is 2.27. The van der Waals surface area contributed by atoms with Crippen molar-refractivity contribution in [1.82, 2.24) is 0 Å². The second kappa shape index (κ2) is 5.27. The summed E-state index contributed by atoms with van der Waals surface area (Å²) >= 11 is 0. The standard InChI is InChI=1S/C15H23FN2/c1-10-4-5-11(2)18(9-10)15-7-6-13(12(3)17)8-14(15)16/h6-8,10-12H,4-5,9,17H2,1-3H3. The molecule has 1 heterocycles. The fourth-order valence-corrected chi connectivity index (χ4v) is 2.66. The first-order valence-corrected chi connectivity index (χ1v) is 6.80. The van der Waals surface area contributed by atoms with Crippen molar-refractivity contribution in [1.29, 1.82) is 0 Å². The topological polar surface area (TPSA) is 29.3 Å². The second-order valence-corrected chi connectivity index (χ2v) is 5.68. The van der Waals surface area contributed by atoms with Crippen LogP contribution < -0.4 is 10.6 Å². The molecule has 1 aliphatic heterocycles. The normalized spacial score (nSPS) is 26.2. The molecule has 2 rings (SSSR count). The molecule has 3 atom stereocenters. The lowest BCUT2D eigenvalue weighted by Crippen LogP contribution is -2.41. The largest absolute Gasteiger partial charge is 0.366 e. The van der Waals surface area contributed by atoms with Crippen molar-refractivity contribution in [2.75, 3.05) is 11.4 Å². The molecule has 1 fully saturated rings. The summed E-state index contributed by atoms with van der Waals surface area (Å²) in [6, 6.07) is 5.69. The molecule has 0 spiro atoms. The molecule has 0 radical (unpaired) electrons. The molecule has 0 saturated carbocycles. The van der Waals surface area contributed by atoms with E-state index in [9.17, 15) is 4.39 Å². The number of halogens is 1. The summed E-state index contributed by atoms with van der Waals surface area (Å²) in [4.78, 5) is 2.19. The van der Waals surface area contributed by atoms with Crippen LogP contribution in [0.4, 0.5) is 10.1 Å². The van der Waals surface area contributed by atoms with Gasteiger partial charge in [-0.3, -0.25) is 0 Å². The monoisotopic (exact) mass is 250 g/mol. The molecule has 0 amide bonds. The first-order valence-electron chi connectivity index (χ1n) is 6.80. The van der Waals surface area contributed by atoms with E-state index in [-0.39, 0.29) is 11.9 Å². The predicted octanol–water partition coefficient (Wildman–Crippen LogP) is 3.47. The SMILES string of the molecule is CC1CCC(C)N(c2ccc(C(C)N)cc2F)C1. The van der Waals surface area contributed by atoms with Crippen molar-refractivity contribution in [2.45, 2.75) is 45.7 Å². The van der Waals surface area contributed by atoms with Gasteiger partial charge in [0.15, 0.2) is 0 Å². The minimum atomic E-state index is -0.147. The van der Waals surface area contributed by atoms with E-state index in [2.05, 4.69) is 18.7 Å². The van der Waals surface area contributed by atoms with Crippen LogP contribution in [0, 0.1) is 11.7 Å². The number of rotatable bonds is 2. The molecule has 0 aromatic heterocycles. The highest BCUT2D eigenvalue weighted by molar-refractivity contribution is 5.50. The Hall–Kier alpha value is -1.09. The van der Waals surface area contributed by atoms with Crippen LogP contribution in [-0.4, -0.2) is 12.6 Å². The van der Waals surface area contributed by atoms with Crippen molar-refractivity contribution < 1.29 is 4.39 Å². The number of nitrogens with two attached hydrogens (primary N) is 1. The lowest BCUT2D eigenvalue weighted by Gasteiger charge is -2.38. The minimum absolute atomic E-state index is 0.119. The van der Waals surface area contributed by atoms with E-state index in [0.29, 0.717) is 12.0 Å². The maximum atomic E-state index is 14.2. The van der Waals surface area contributed by atoms with Gasteiger partial charge in [0, 0.05) is 18.6 Å². The minimum Gasteiger partial charge on any atom is -0.366 e. The van der Waals surface area contributed by atoms with Gasteiger partial charge in [0.2, 0.25) is 0 Å². The number of piperidine rings is 1. The molecule has 1 aliphatic rings. The molecule has 3 heteroatoms. The van der Waals surface area contributed by atoms with Crippen LogP contribution in [0.5, 0.6) is 0 Å². The van der Waals surface area contributed by atoms with Gasteiger partial charge in [-0.25, -0.2) is 4.39 Å². The maximum absolute atomic E-state index is 14.2. The predicted molar refractivity (Wildman–Crippen MR) is 74.2 cm³/mol. The molecule has 0 aliphatic carbocycles. The van der Waals surface area contributed by atoms with Crippen LogP contribution in [0.25, 0.3) is 0 Å². The van der Waals surface area contributed by atoms with Gasteiger partial charge in [0.25, 0.3) is 0 Å². The van der Waals surface area contributed by atoms with Gasteiger partial charge in [-0.2, -0.15) is 0 Å². The first-order chi connectivity index (χ1) is 8.49. The van der Waals surface area contributed by atoms with Gasteiger partial charge in [0.05, 0.1) is 5.69 Å². The van der Waals surface area contributed by atoms with E-state index in [1.54, 1.807) is 6.07 Å². The highest BCUT2D eigenvalue weighted by Crippen LogP contribution is 2.30. The Morgan fingerprint density at radius 3 is 2.67 bits per heavy atom. The number of nitrogens with zero attached hydrogens (tertiary/aromatic N) is 1. The zero-order chi connectivity index (χ0) is 13.3. The van der Waals surface area contributed by atoms with Crippen LogP contribution in [0.15, 0.2) is 18.2 Å². The van der Waals surface area contributed by atoms with Gasteiger partial charge >= 0.3 is 0 Å². The Morgan fingerprint density at radius 2 is 2.06 bits per heavy atom. The van der Waals surface area contributed by atoms with E-state index < -0.39 is 0 Å². The number of hydrogen-bond donors (Lipinski definition) is 1. The second-order valence-electron chi connectivity index (χ2n) is 5.68. The zero-order valence-electron chi connectivity index (χ0n) is 11.5. The molecule has 1 aromatic carbocycles. The zero-order valence-corrected chi connectivity index (χ0v) is 11.5. The van der Waals surface area contributed by atoms with Crippen molar-refractivity contribution in [2.24, 2.45) is 11.7 Å². The molecule has 0 bridgehead atoms. The van der Waals surface area contributed by atoms with Gasteiger partial charge in [-0.1, -0.05) is 13.0 Å². The number of benzene rings is 1. The van der Waals surface area contributed by atoms with Crippen molar-refractivity contribution in [3.8, 4) is 0 Å². The summed E-state index contributed by atoms with van der Waals surface area (Å²) in [6.07, 6.45) is 2.37. The third-order valence-electron chi connectivity index (χ3n) is 3.92. The molecular weight excluding hydrogens is 227 g/mol. The Bertz CT molecular complexity index is 417. The van der Waals surface area contributed by atoms with Crippen LogP contribution >= 0.6 is 0 Å². The fourth-order valence-electron chi connectivity index (χ4n) is 2.66. The summed E-state index contributed by atoms with van der Waals surface area (Å²) < 4.78 is 14.2. The van der Waals surface area contributed by atoms with E-state index in [1.165, 1.54) is 6.42 Å². The highest BCUT2D eigenvalue weighted by atomic mass is 19.1. The van der Waals surface area contributed by atoms with Crippen LogP contribution in [0.2, 0.25) is 0 Å². The molecular formula is C15H23FN2. The Kier molecular flexibility index (Phi) is 3.91. The summed E-state index contributed by atoms with van der Waals surface area (Å²) in [6.45, 7) is 7.22. The van der Waals surface area contributed by atoms with Gasteiger partial charge < -0.3 is 10.6 Å².